The van der Waals surface area contributed by atoms with Crippen LogP contribution in [-0.4, -0.2) is 61.4 Å². The molecule has 0 aromatic heterocycles. The first-order valence-corrected chi connectivity index (χ1v) is 11.2. The highest BCUT2D eigenvalue weighted by Crippen LogP contribution is 2.28. The third-order valence-electron chi connectivity index (χ3n) is 5.68. The summed E-state index contributed by atoms with van der Waals surface area (Å²) in [4.78, 5) is 12.7. The molecule has 0 spiro atoms. The Morgan fingerprint density at radius 2 is 1.64 bits per heavy atom. The second kappa shape index (κ2) is 8.84. The summed E-state index contributed by atoms with van der Waals surface area (Å²) in [6.45, 7) is 3.61. The number of nitrogens with zero attached hydrogens (tertiary/aromatic N) is 2. The molecule has 3 rings (SSSR count). The number of sulfonamides is 1. The number of hydrogen-bond donors (Lipinski definition) is 1. The van der Waals surface area contributed by atoms with Crippen molar-refractivity contribution in [2.75, 3.05) is 32.7 Å². The second-order valence-electron chi connectivity index (χ2n) is 7.60. The fourth-order valence-corrected chi connectivity index (χ4v) is 5.62. The molecule has 1 aromatic rings. The minimum Gasteiger partial charge on any atom is -0.477 e. The van der Waals surface area contributed by atoms with Gasteiger partial charge in [0.05, 0.1) is 0 Å². The first kappa shape index (κ1) is 21.1. The van der Waals surface area contributed by atoms with Crippen LogP contribution in [0.4, 0.5) is 8.78 Å². The molecule has 0 aliphatic carbocycles. The molecule has 1 aromatic carbocycles. The van der Waals surface area contributed by atoms with Gasteiger partial charge in [0.1, 0.15) is 16.3 Å². The molecule has 0 amide bonds. The fourth-order valence-electron chi connectivity index (χ4n) is 4.08. The molecule has 2 aliphatic rings. The second-order valence-corrected chi connectivity index (χ2v) is 9.51. The molecular formula is C19H26F2N2O4S. The average molecular weight is 416 g/mol. The first-order valence-electron chi connectivity index (χ1n) is 9.74. The quantitative estimate of drug-likeness (QED) is 0.799. The monoisotopic (exact) mass is 416 g/mol. The molecule has 0 radical (unpaired) electrons. The van der Waals surface area contributed by atoms with Gasteiger partial charge in [-0.1, -0.05) is 12.8 Å². The largest absolute Gasteiger partial charge is 0.477 e. The van der Waals surface area contributed by atoms with Gasteiger partial charge in [-0.05, 0) is 56.8 Å². The summed E-state index contributed by atoms with van der Waals surface area (Å²) in [5.41, 5.74) is -1.24. The van der Waals surface area contributed by atoms with Gasteiger partial charge in [0.25, 0.3) is 0 Å². The Labute approximate surface area is 164 Å². The molecule has 2 fully saturated rings. The average Bonchev–Trinajstić information content (AvgIpc) is 2.90. The van der Waals surface area contributed by atoms with Crippen molar-refractivity contribution < 1.29 is 27.1 Å². The lowest BCUT2D eigenvalue weighted by Gasteiger charge is -2.34. The normalized spacial score (nSPS) is 20.8. The highest BCUT2D eigenvalue weighted by molar-refractivity contribution is 7.89. The molecule has 2 heterocycles. The maximum absolute atomic E-state index is 14.4. The highest BCUT2D eigenvalue weighted by Gasteiger charge is 2.34. The minimum atomic E-state index is -4.21. The van der Waals surface area contributed by atoms with Crippen LogP contribution in [0.2, 0.25) is 0 Å². The molecule has 2 aliphatic heterocycles. The highest BCUT2D eigenvalue weighted by atomic mass is 32.2. The minimum absolute atomic E-state index is 0.250. The number of hydrogen-bond acceptors (Lipinski definition) is 4. The van der Waals surface area contributed by atoms with Gasteiger partial charge in [-0.25, -0.2) is 22.0 Å². The Hall–Kier alpha value is -1.58. The zero-order valence-corrected chi connectivity index (χ0v) is 16.6. The predicted molar refractivity (Wildman–Crippen MR) is 99.7 cm³/mol. The summed E-state index contributed by atoms with van der Waals surface area (Å²) in [7, 11) is -4.21. The maximum atomic E-state index is 14.4. The number of piperidine rings is 1. The molecule has 0 bridgehead atoms. The Bertz CT molecular complexity index is 815. The van der Waals surface area contributed by atoms with Crippen LogP contribution >= 0.6 is 0 Å². The van der Waals surface area contributed by atoms with Gasteiger partial charge in [0.15, 0.2) is 5.82 Å². The summed E-state index contributed by atoms with van der Waals surface area (Å²) >= 11 is 0. The van der Waals surface area contributed by atoms with Crippen LogP contribution in [0.15, 0.2) is 17.0 Å². The summed E-state index contributed by atoms with van der Waals surface area (Å²) in [6, 6.07) is 1.49. The van der Waals surface area contributed by atoms with Gasteiger partial charge < -0.3 is 10.0 Å². The van der Waals surface area contributed by atoms with Gasteiger partial charge in [0, 0.05) is 19.6 Å². The lowest BCUT2D eigenvalue weighted by molar-refractivity contribution is 0.0685. The van der Waals surface area contributed by atoms with E-state index in [2.05, 4.69) is 4.90 Å². The van der Waals surface area contributed by atoms with Gasteiger partial charge >= 0.3 is 5.97 Å². The van der Waals surface area contributed by atoms with Crippen LogP contribution in [-0.2, 0) is 10.0 Å². The smallest absolute Gasteiger partial charge is 0.341 e. The van der Waals surface area contributed by atoms with E-state index in [-0.39, 0.29) is 13.1 Å². The molecule has 6 nitrogen and oxygen atoms in total. The number of carboxylic acids is 1. The zero-order valence-electron chi connectivity index (χ0n) is 15.7. The molecule has 28 heavy (non-hydrogen) atoms. The Morgan fingerprint density at radius 1 is 1.04 bits per heavy atom. The van der Waals surface area contributed by atoms with E-state index in [1.807, 2.05) is 0 Å². The van der Waals surface area contributed by atoms with Crippen molar-refractivity contribution in [2.24, 2.45) is 5.92 Å². The van der Waals surface area contributed by atoms with Crippen LogP contribution in [0.5, 0.6) is 0 Å². The standard InChI is InChI=1S/C19H26F2N2O4S/c20-15-5-6-16(18(21)17(15)19(24)25)28(26,27)23-11-7-14(8-12-23)13-22-9-3-1-2-4-10-22/h5-6,14H,1-4,7-13H2,(H,24,25). The van der Waals surface area contributed by atoms with E-state index < -0.39 is 38.1 Å². The molecule has 0 saturated carbocycles. The Balaban J connectivity index is 1.68. The molecule has 1 N–H and O–H groups in total. The number of halogens is 2. The number of rotatable bonds is 5. The van der Waals surface area contributed by atoms with E-state index >= 15 is 0 Å². The van der Waals surface area contributed by atoms with Crippen LogP contribution < -0.4 is 0 Å². The summed E-state index contributed by atoms with van der Waals surface area (Å²) in [5.74, 6) is -4.28. The molecule has 156 valence electrons. The van der Waals surface area contributed by atoms with Crippen molar-refractivity contribution in [3.05, 3.63) is 29.3 Å². The Morgan fingerprint density at radius 3 is 2.21 bits per heavy atom. The van der Waals surface area contributed by atoms with Crippen molar-refractivity contribution in [1.82, 2.24) is 9.21 Å². The number of likely N-dealkylation sites (tertiary alicyclic amines) is 1. The molecule has 0 atom stereocenters. The van der Waals surface area contributed by atoms with Crippen LogP contribution in [0.3, 0.4) is 0 Å². The maximum Gasteiger partial charge on any atom is 0.341 e. The van der Waals surface area contributed by atoms with Gasteiger partial charge in [-0.3, -0.25) is 0 Å². The fraction of sp³-hybridized carbons (Fsp3) is 0.632. The lowest BCUT2D eigenvalue weighted by Crippen LogP contribution is -2.42. The van der Waals surface area contributed by atoms with E-state index in [0.717, 1.165) is 25.7 Å². The van der Waals surface area contributed by atoms with E-state index in [1.54, 1.807) is 0 Å². The third-order valence-corrected chi connectivity index (χ3v) is 7.59. The van der Waals surface area contributed by atoms with Crippen molar-refractivity contribution in [3.8, 4) is 0 Å². The summed E-state index contributed by atoms with van der Waals surface area (Å²) in [5, 5.41) is 8.96. The van der Waals surface area contributed by atoms with Crippen molar-refractivity contribution in [1.29, 1.82) is 0 Å². The van der Waals surface area contributed by atoms with Crippen molar-refractivity contribution in [2.45, 2.75) is 43.4 Å². The van der Waals surface area contributed by atoms with Crippen LogP contribution in [0.1, 0.15) is 48.9 Å². The van der Waals surface area contributed by atoms with Crippen molar-refractivity contribution in [3.63, 3.8) is 0 Å². The summed E-state index contributed by atoms with van der Waals surface area (Å²) in [6.07, 6.45) is 6.25. The number of carboxylic acid groups (broad SMARTS) is 1. The molecular weight excluding hydrogens is 390 g/mol. The van der Waals surface area contributed by atoms with E-state index in [1.165, 1.54) is 30.0 Å². The van der Waals surface area contributed by atoms with Crippen LogP contribution in [0, 0.1) is 17.6 Å². The van der Waals surface area contributed by atoms with Crippen LogP contribution in [0.25, 0.3) is 0 Å². The van der Waals surface area contributed by atoms with Crippen molar-refractivity contribution >= 4 is 16.0 Å². The number of benzene rings is 1. The van der Waals surface area contributed by atoms with Gasteiger partial charge in [-0.2, -0.15) is 4.31 Å². The number of carbonyl (C=O) groups is 1. The predicted octanol–water partition coefficient (Wildman–Crippen LogP) is 2.94. The molecule has 0 unspecified atom stereocenters. The SMILES string of the molecule is O=C(O)c1c(F)ccc(S(=O)(=O)N2CCC(CN3CCCCCC3)CC2)c1F. The first-order chi connectivity index (χ1) is 13.3. The molecule has 9 heteroatoms. The third kappa shape index (κ3) is 4.52. The lowest BCUT2D eigenvalue weighted by atomic mass is 9.97. The van der Waals surface area contributed by atoms with Gasteiger partial charge in [-0.15, -0.1) is 0 Å². The Kier molecular flexibility index (Phi) is 6.67. The molecule has 2 saturated heterocycles. The summed E-state index contributed by atoms with van der Waals surface area (Å²) < 4.78 is 54.8. The zero-order chi connectivity index (χ0) is 20.3. The van der Waals surface area contributed by atoms with Gasteiger partial charge in [0.2, 0.25) is 10.0 Å². The van der Waals surface area contributed by atoms with E-state index in [9.17, 15) is 22.0 Å². The van der Waals surface area contributed by atoms with E-state index in [4.69, 9.17) is 5.11 Å². The van der Waals surface area contributed by atoms with E-state index in [0.29, 0.717) is 24.8 Å². The topological polar surface area (TPSA) is 77.9 Å². The number of aromatic carboxylic acids is 1.